The van der Waals surface area contributed by atoms with Crippen LogP contribution in [0, 0.1) is 6.92 Å². The Morgan fingerprint density at radius 1 is 1.33 bits per heavy atom. The minimum Gasteiger partial charge on any atom is -0.477 e. The summed E-state index contributed by atoms with van der Waals surface area (Å²) < 4.78 is 0. The van der Waals surface area contributed by atoms with E-state index in [9.17, 15) is 14.7 Å². The lowest BCUT2D eigenvalue weighted by Crippen LogP contribution is -2.10. The van der Waals surface area contributed by atoms with Gasteiger partial charge < -0.3 is 10.4 Å². The van der Waals surface area contributed by atoms with E-state index in [2.05, 4.69) is 10.3 Å². The van der Waals surface area contributed by atoms with Crippen molar-refractivity contribution in [2.75, 3.05) is 5.32 Å². The molecule has 1 amide bonds. The van der Waals surface area contributed by atoms with Crippen molar-refractivity contribution in [2.24, 2.45) is 0 Å². The number of aryl methyl sites for hydroxylation is 1. The Hall–Kier alpha value is -2.21. The molecule has 2 aromatic rings. The second-order valence-electron chi connectivity index (χ2n) is 4.61. The first-order chi connectivity index (χ1) is 10.0. The van der Waals surface area contributed by atoms with E-state index in [1.165, 1.54) is 0 Å². The van der Waals surface area contributed by atoms with Gasteiger partial charge in [0.15, 0.2) is 5.13 Å². The Balaban J connectivity index is 2.41. The van der Waals surface area contributed by atoms with Crippen LogP contribution in [0.15, 0.2) is 24.3 Å². The minimum absolute atomic E-state index is 0.135. The molecule has 1 aromatic carbocycles. The summed E-state index contributed by atoms with van der Waals surface area (Å²) in [7, 11) is 0. The van der Waals surface area contributed by atoms with Crippen LogP contribution in [0.5, 0.6) is 0 Å². The maximum atomic E-state index is 11.6. The molecule has 0 unspecified atom stereocenters. The van der Waals surface area contributed by atoms with Crippen LogP contribution in [0.4, 0.5) is 5.13 Å². The minimum atomic E-state index is -1.04. The van der Waals surface area contributed by atoms with Crippen molar-refractivity contribution in [1.29, 1.82) is 0 Å². The van der Waals surface area contributed by atoms with E-state index in [0.29, 0.717) is 17.2 Å². The molecule has 5 nitrogen and oxygen atoms in total. The number of carbonyl (C=O) groups is 2. The Morgan fingerprint density at radius 2 is 2.05 bits per heavy atom. The lowest BCUT2D eigenvalue weighted by Gasteiger charge is -2.03. The Bertz CT molecular complexity index is 679. The summed E-state index contributed by atoms with van der Waals surface area (Å²) in [5.41, 5.74) is 2.11. The molecule has 21 heavy (non-hydrogen) atoms. The van der Waals surface area contributed by atoms with Crippen molar-refractivity contribution in [3.8, 4) is 11.3 Å². The quantitative estimate of drug-likeness (QED) is 0.885. The molecule has 0 saturated heterocycles. The molecular formula is C15H16N2O3S. The van der Waals surface area contributed by atoms with E-state index in [0.717, 1.165) is 28.9 Å². The molecular weight excluding hydrogens is 288 g/mol. The molecule has 110 valence electrons. The van der Waals surface area contributed by atoms with Gasteiger partial charge in [0.1, 0.15) is 4.88 Å². The van der Waals surface area contributed by atoms with E-state index in [-0.39, 0.29) is 10.8 Å². The van der Waals surface area contributed by atoms with Gasteiger partial charge in [0.2, 0.25) is 5.91 Å². The second kappa shape index (κ2) is 6.49. The van der Waals surface area contributed by atoms with E-state index in [4.69, 9.17) is 0 Å². The largest absolute Gasteiger partial charge is 0.477 e. The van der Waals surface area contributed by atoms with Crippen LogP contribution in [0.25, 0.3) is 11.3 Å². The number of hydrogen-bond acceptors (Lipinski definition) is 4. The van der Waals surface area contributed by atoms with Gasteiger partial charge in [0.05, 0.1) is 5.69 Å². The molecule has 0 atom stereocenters. The third-order valence-electron chi connectivity index (χ3n) is 2.95. The number of thiazole rings is 1. The summed E-state index contributed by atoms with van der Waals surface area (Å²) >= 11 is 0.983. The average Bonchev–Trinajstić information content (AvgIpc) is 2.83. The number of aromatic nitrogens is 1. The average molecular weight is 304 g/mol. The van der Waals surface area contributed by atoms with Crippen LogP contribution >= 0.6 is 11.3 Å². The zero-order valence-corrected chi connectivity index (χ0v) is 12.7. The van der Waals surface area contributed by atoms with E-state index < -0.39 is 5.97 Å². The predicted molar refractivity (Wildman–Crippen MR) is 82.8 cm³/mol. The smallest absolute Gasteiger partial charge is 0.348 e. The lowest BCUT2D eigenvalue weighted by molar-refractivity contribution is -0.116. The van der Waals surface area contributed by atoms with Crippen LogP contribution < -0.4 is 5.32 Å². The number of carboxylic acid groups (broad SMARTS) is 1. The fourth-order valence-corrected chi connectivity index (χ4v) is 2.78. The van der Waals surface area contributed by atoms with Crippen molar-refractivity contribution in [3.63, 3.8) is 0 Å². The van der Waals surface area contributed by atoms with E-state index in [1.54, 1.807) is 0 Å². The molecule has 0 spiro atoms. The summed E-state index contributed by atoms with van der Waals surface area (Å²) in [5, 5.41) is 12.3. The SMILES string of the molecule is CCCC(=O)Nc1nc(-c2ccccc2C)c(C(=O)O)s1. The van der Waals surface area contributed by atoms with Gasteiger partial charge in [-0.15, -0.1) is 0 Å². The number of nitrogens with zero attached hydrogens (tertiary/aromatic N) is 1. The summed E-state index contributed by atoms with van der Waals surface area (Å²) in [6.45, 7) is 3.80. The van der Waals surface area contributed by atoms with Crippen molar-refractivity contribution in [1.82, 2.24) is 4.98 Å². The first-order valence-corrected chi connectivity index (χ1v) is 7.44. The summed E-state index contributed by atoms with van der Waals surface area (Å²) in [6, 6.07) is 7.45. The molecule has 1 heterocycles. The number of carboxylic acids is 1. The number of anilines is 1. The monoisotopic (exact) mass is 304 g/mol. The van der Waals surface area contributed by atoms with Crippen molar-refractivity contribution in [3.05, 3.63) is 34.7 Å². The maximum Gasteiger partial charge on any atom is 0.348 e. The van der Waals surface area contributed by atoms with Gasteiger partial charge in [-0.2, -0.15) is 0 Å². The normalized spacial score (nSPS) is 10.4. The number of hydrogen-bond donors (Lipinski definition) is 2. The molecule has 0 radical (unpaired) electrons. The van der Waals surface area contributed by atoms with Gasteiger partial charge >= 0.3 is 5.97 Å². The molecule has 2 rings (SSSR count). The molecule has 0 fully saturated rings. The fraction of sp³-hybridized carbons (Fsp3) is 0.267. The van der Waals surface area contributed by atoms with Crippen LogP contribution in [-0.4, -0.2) is 22.0 Å². The Labute approximate surface area is 126 Å². The van der Waals surface area contributed by atoms with Crippen LogP contribution in [0.1, 0.15) is 35.0 Å². The third-order valence-corrected chi connectivity index (χ3v) is 3.90. The van der Waals surface area contributed by atoms with Crippen LogP contribution in [0.3, 0.4) is 0 Å². The molecule has 2 N–H and O–H groups in total. The summed E-state index contributed by atoms with van der Waals surface area (Å²) in [6.07, 6.45) is 1.12. The van der Waals surface area contributed by atoms with E-state index >= 15 is 0 Å². The summed E-state index contributed by atoms with van der Waals surface area (Å²) in [4.78, 5) is 27.4. The highest BCUT2D eigenvalue weighted by Gasteiger charge is 2.20. The topological polar surface area (TPSA) is 79.3 Å². The highest BCUT2D eigenvalue weighted by Crippen LogP contribution is 2.32. The van der Waals surface area contributed by atoms with Crippen molar-refractivity contribution in [2.45, 2.75) is 26.7 Å². The maximum absolute atomic E-state index is 11.6. The van der Waals surface area contributed by atoms with Gasteiger partial charge in [0, 0.05) is 12.0 Å². The molecule has 0 aliphatic rings. The van der Waals surface area contributed by atoms with Crippen molar-refractivity contribution >= 4 is 28.3 Å². The number of aromatic carboxylic acids is 1. The van der Waals surface area contributed by atoms with Gasteiger partial charge in [-0.25, -0.2) is 9.78 Å². The predicted octanol–water partition coefficient (Wildman–Crippen LogP) is 3.56. The second-order valence-corrected chi connectivity index (χ2v) is 5.61. The molecule has 0 bridgehead atoms. The molecule has 6 heteroatoms. The van der Waals surface area contributed by atoms with Gasteiger partial charge in [-0.3, -0.25) is 4.79 Å². The van der Waals surface area contributed by atoms with E-state index in [1.807, 2.05) is 38.1 Å². The highest BCUT2D eigenvalue weighted by molar-refractivity contribution is 7.18. The zero-order chi connectivity index (χ0) is 15.4. The zero-order valence-electron chi connectivity index (χ0n) is 11.8. The van der Waals surface area contributed by atoms with Gasteiger partial charge in [-0.05, 0) is 18.9 Å². The summed E-state index contributed by atoms with van der Waals surface area (Å²) in [5.74, 6) is -1.19. The Morgan fingerprint density at radius 3 is 2.67 bits per heavy atom. The van der Waals surface area contributed by atoms with Crippen LogP contribution in [-0.2, 0) is 4.79 Å². The molecule has 0 aliphatic heterocycles. The highest BCUT2D eigenvalue weighted by atomic mass is 32.1. The lowest BCUT2D eigenvalue weighted by atomic mass is 10.1. The number of rotatable bonds is 5. The van der Waals surface area contributed by atoms with Crippen LogP contribution in [0.2, 0.25) is 0 Å². The number of benzene rings is 1. The molecule has 0 aliphatic carbocycles. The fourth-order valence-electron chi connectivity index (χ4n) is 1.95. The third kappa shape index (κ3) is 3.46. The number of nitrogens with one attached hydrogen (secondary N) is 1. The number of amides is 1. The van der Waals surface area contributed by atoms with Gasteiger partial charge in [0.25, 0.3) is 0 Å². The first-order valence-electron chi connectivity index (χ1n) is 6.63. The van der Waals surface area contributed by atoms with Gasteiger partial charge in [-0.1, -0.05) is 42.5 Å². The standard InChI is InChI=1S/C15H16N2O3S/c1-3-6-11(18)16-15-17-12(13(21-15)14(19)20)10-8-5-4-7-9(10)2/h4-5,7-8H,3,6H2,1-2H3,(H,19,20)(H,16,17,18). The number of carbonyl (C=O) groups excluding carboxylic acids is 1. The molecule has 0 saturated carbocycles. The van der Waals surface area contributed by atoms with Crippen molar-refractivity contribution < 1.29 is 14.7 Å². The Kier molecular flexibility index (Phi) is 4.70. The molecule has 1 aromatic heterocycles. The first kappa shape index (κ1) is 15.2.